The molecule has 0 bridgehead atoms. The lowest BCUT2D eigenvalue weighted by Gasteiger charge is -2.29. The molecule has 1 aromatic rings. The van der Waals surface area contributed by atoms with Gasteiger partial charge < -0.3 is 25.2 Å². The molecule has 1 aromatic carbocycles. The lowest BCUT2D eigenvalue weighted by molar-refractivity contribution is -0.170. The summed E-state index contributed by atoms with van der Waals surface area (Å²) in [5, 5.41) is 36.7. The van der Waals surface area contributed by atoms with Gasteiger partial charge in [0.2, 0.25) is 24.1 Å². The van der Waals surface area contributed by atoms with Gasteiger partial charge in [0.1, 0.15) is 30.5 Å². The Labute approximate surface area is 331 Å². The molecule has 15 nitrogen and oxygen atoms in total. The summed E-state index contributed by atoms with van der Waals surface area (Å²) in [5.74, 6) is -3.23. The smallest absolute Gasteiger partial charge is 0.328 e. The van der Waals surface area contributed by atoms with Crippen molar-refractivity contribution in [3.05, 3.63) is 29.8 Å². The third-order valence-corrected chi connectivity index (χ3v) is 10.5. The highest BCUT2D eigenvalue weighted by atomic mass is 16.5. The van der Waals surface area contributed by atoms with E-state index in [1.807, 2.05) is 0 Å². The Kier molecular flexibility index (Phi) is 21.3. The molecule has 2 aliphatic heterocycles. The van der Waals surface area contributed by atoms with Crippen molar-refractivity contribution in [1.82, 2.24) is 20.8 Å². The molecule has 5 N–H and O–H groups in total. The van der Waals surface area contributed by atoms with Gasteiger partial charge in [-0.15, -0.1) is 0 Å². The summed E-state index contributed by atoms with van der Waals surface area (Å²) < 4.78 is 11.7. The maximum atomic E-state index is 13.9. The number of para-hydroxylation sites is 1. The summed E-state index contributed by atoms with van der Waals surface area (Å²) in [7, 11) is 0. The summed E-state index contributed by atoms with van der Waals surface area (Å²) in [6.07, 6.45) is 15.5. The fourth-order valence-corrected chi connectivity index (χ4v) is 6.96. The molecule has 2 heterocycles. The van der Waals surface area contributed by atoms with Crippen LogP contribution in [-0.2, 0) is 33.4 Å². The number of aromatic hydroxyl groups is 1. The number of carbonyl (C=O) groups is 5. The van der Waals surface area contributed by atoms with Crippen LogP contribution in [0.5, 0.6) is 5.75 Å². The van der Waals surface area contributed by atoms with Crippen LogP contribution in [0.1, 0.15) is 141 Å². The molecule has 5 atom stereocenters. The van der Waals surface area contributed by atoms with Crippen LogP contribution >= 0.6 is 0 Å². The average molecular weight is 788 g/mol. The van der Waals surface area contributed by atoms with Gasteiger partial charge in [-0.3, -0.25) is 29.6 Å². The number of carbonyl (C=O) groups excluding carboxylic acids is 5. The maximum absolute atomic E-state index is 13.9. The first kappa shape index (κ1) is 46.1. The van der Waals surface area contributed by atoms with Crippen molar-refractivity contribution in [2.45, 2.75) is 160 Å². The number of phenolic OH excluding ortho intramolecular Hbond substituents is 1. The Morgan fingerprint density at radius 3 is 2.32 bits per heavy atom. The Hall–Kier alpha value is -4.24. The Morgan fingerprint density at radius 2 is 1.64 bits per heavy atom. The van der Waals surface area contributed by atoms with Gasteiger partial charge in [0.25, 0.3) is 5.91 Å². The number of hydrogen-bond donors (Lipinski definition) is 5. The Morgan fingerprint density at radius 1 is 0.982 bits per heavy atom. The Balaban J connectivity index is 1.70. The van der Waals surface area contributed by atoms with Crippen molar-refractivity contribution in [3.63, 3.8) is 0 Å². The zero-order valence-electron chi connectivity index (χ0n) is 33.4. The van der Waals surface area contributed by atoms with Crippen molar-refractivity contribution in [2.24, 2.45) is 10.9 Å². The number of benzene rings is 1. The number of aliphatic imine (C=N–C) groups is 1. The van der Waals surface area contributed by atoms with E-state index in [4.69, 9.17) is 9.47 Å². The van der Waals surface area contributed by atoms with Crippen molar-refractivity contribution in [1.29, 1.82) is 0 Å². The number of hydrogen-bond acceptors (Lipinski definition) is 11. The first-order valence-electron chi connectivity index (χ1n) is 20.8. The summed E-state index contributed by atoms with van der Waals surface area (Å²) >= 11 is 0. The van der Waals surface area contributed by atoms with E-state index in [-0.39, 0.29) is 44.2 Å². The molecule has 1 fully saturated rings. The van der Waals surface area contributed by atoms with Crippen molar-refractivity contribution < 1.29 is 49.0 Å². The first-order valence-corrected chi connectivity index (χ1v) is 20.8. The number of phenols is 1. The van der Waals surface area contributed by atoms with Crippen molar-refractivity contribution in [2.75, 3.05) is 19.7 Å². The fraction of sp³-hybridized carbons (Fsp3) is 0.707. The molecule has 5 unspecified atom stereocenters. The molecular formula is C41H65N5O10. The molecule has 0 aliphatic carbocycles. The third kappa shape index (κ3) is 16.1. The summed E-state index contributed by atoms with van der Waals surface area (Å²) in [5.41, 5.74) is 0.327. The van der Waals surface area contributed by atoms with Gasteiger partial charge in [0.15, 0.2) is 6.04 Å². The van der Waals surface area contributed by atoms with E-state index in [1.54, 1.807) is 25.1 Å². The van der Waals surface area contributed by atoms with Crippen molar-refractivity contribution in [3.8, 4) is 5.75 Å². The normalized spacial score (nSPS) is 18.8. The molecule has 0 aromatic heterocycles. The molecule has 314 valence electrons. The SMILES string of the molecule is CCCCCCCCCCCCCC(OC(=O)C(CCCCN(O)C=O)NC(=O)C1COC(c2ccccc2O)=N1)C(C)C(=O)NC1CCCCCN(O)C1=O. The number of rotatable bonds is 26. The second kappa shape index (κ2) is 25.8. The van der Waals surface area contributed by atoms with Crippen LogP contribution in [0.2, 0.25) is 0 Å². The monoisotopic (exact) mass is 787 g/mol. The maximum Gasteiger partial charge on any atom is 0.328 e. The van der Waals surface area contributed by atoms with E-state index >= 15 is 0 Å². The number of amides is 4. The fourth-order valence-electron chi connectivity index (χ4n) is 6.96. The minimum Gasteiger partial charge on any atom is -0.507 e. The summed E-state index contributed by atoms with van der Waals surface area (Å²) in [6.45, 7) is 3.95. The van der Waals surface area contributed by atoms with Crippen molar-refractivity contribution >= 4 is 36.0 Å². The zero-order valence-corrected chi connectivity index (χ0v) is 33.4. The topological polar surface area (TPSA) is 207 Å². The van der Waals surface area contributed by atoms with Gasteiger partial charge in [-0.25, -0.2) is 19.9 Å². The Bertz CT molecular complexity index is 1410. The third-order valence-electron chi connectivity index (χ3n) is 10.5. The lowest BCUT2D eigenvalue weighted by Crippen LogP contribution is -2.52. The second-order valence-corrected chi connectivity index (χ2v) is 15.1. The molecule has 0 radical (unpaired) electrons. The molecule has 4 amide bonds. The van der Waals surface area contributed by atoms with Gasteiger partial charge in [0, 0.05) is 13.1 Å². The highest BCUT2D eigenvalue weighted by molar-refractivity contribution is 6.00. The van der Waals surface area contributed by atoms with Crippen LogP contribution < -0.4 is 10.6 Å². The molecule has 1 saturated heterocycles. The first-order chi connectivity index (χ1) is 27.0. The molecule has 15 heteroatoms. The van der Waals surface area contributed by atoms with Crippen LogP contribution in [0.4, 0.5) is 0 Å². The second-order valence-electron chi connectivity index (χ2n) is 15.1. The van der Waals surface area contributed by atoms with E-state index in [9.17, 15) is 39.5 Å². The van der Waals surface area contributed by atoms with E-state index in [0.29, 0.717) is 60.6 Å². The van der Waals surface area contributed by atoms with Crippen LogP contribution in [0.3, 0.4) is 0 Å². The minimum atomic E-state index is -1.15. The summed E-state index contributed by atoms with van der Waals surface area (Å²) in [6, 6.07) is 3.36. The molecule has 0 spiro atoms. The van der Waals surface area contributed by atoms with Gasteiger partial charge >= 0.3 is 5.97 Å². The molecular weight excluding hydrogens is 722 g/mol. The molecule has 0 saturated carbocycles. The summed E-state index contributed by atoms with van der Waals surface area (Å²) in [4.78, 5) is 69.1. The minimum absolute atomic E-state index is 0.0216. The number of unbranched alkanes of at least 4 members (excludes halogenated alkanes) is 11. The standard InChI is InChI=1S/C41H65N5O10/c1-3-4-5-6-7-8-9-10-11-12-15-25-36(30(2)37(49)42-32-22-14-13-19-27-46(54)40(32)51)56-41(52)33(23-18-20-26-45(53)29-47)43-38(50)34-28-55-39(44-34)31-21-16-17-24-35(31)48/h16-17,21,24,29-30,32-34,36,48,53-54H,3-15,18-20,22-23,25-28H2,1-2H3,(H,42,49)(H,43,50). The van der Waals surface area contributed by atoms with Gasteiger partial charge in [-0.05, 0) is 57.1 Å². The van der Waals surface area contributed by atoms with E-state index < -0.39 is 53.8 Å². The van der Waals surface area contributed by atoms with Crippen LogP contribution in [0, 0.1) is 5.92 Å². The number of ether oxygens (including phenoxy) is 2. The number of nitrogens with zero attached hydrogens (tertiary/aromatic N) is 3. The highest BCUT2D eigenvalue weighted by Crippen LogP contribution is 2.23. The predicted octanol–water partition coefficient (Wildman–Crippen LogP) is 5.57. The lowest BCUT2D eigenvalue weighted by atomic mass is 9.96. The largest absolute Gasteiger partial charge is 0.507 e. The van der Waals surface area contributed by atoms with Crippen LogP contribution in [-0.4, -0.2) is 106 Å². The quantitative estimate of drug-likeness (QED) is 0.0260. The predicted molar refractivity (Wildman–Crippen MR) is 209 cm³/mol. The van der Waals surface area contributed by atoms with Gasteiger partial charge in [0.05, 0.1) is 11.5 Å². The molecule has 56 heavy (non-hydrogen) atoms. The molecule has 2 aliphatic rings. The average Bonchev–Trinajstić information content (AvgIpc) is 3.69. The highest BCUT2D eigenvalue weighted by Gasteiger charge is 2.36. The van der Waals surface area contributed by atoms with Crippen LogP contribution in [0.15, 0.2) is 29.3 Å². The molecule has 3 rings (SSSR count). The van der Waals surface area contributed by atoms with E-state index in [0.717, 1.165) is 32.1 Å². The van der Waals surface area contributed by atoms with Gasteiger partial charge in [-0.2, -0.15) is 0 Å². The number of esters is 1. The van der Waals surface area contributed by atoms with Gasteiger partial charge in [-0.1, -0.05) is 103 Å². The zero-order chi connectivity index (χ0) is 40.7. The number of nitrogens with one attached hydrogen (secondary N) is 2. The van der Waals surface area contributed by atoms with Crippen LogP contribution in [0.25, 0.3) is 0 Å². The van der Waals surface area contributed by atoms with E-state index in [2.05, 4.69) is 22.5 Å². The number of hydroxylamine groups is 4. The van der Waals surface area contributed by atoms with E-state index in [1.165, 1.54) is 44.6 Å².